The van der Waals surface area contributed by atoms with Crippen LogP contribution in [0.1, 0.15) is 41.9 Å². The zero-order valence-electron chi connectivity index (χ0n) is 11.3. The molecular formula is C13H21ClN4O. The summed E-state index contributed by atoms with van der Waals surface area (Å²) in [6.07, 6.45) is 4.60. The van der Waals surface area contributed by atoms with Gasteiger partial charge in [0.1, 0.15) is 5.69 Å². The van der Waals surface area contributed by atoms with Crippen molar-refractivity contribution in [2.75, 3.05) is 0 Å². The van der Waals surface area contributed by atoms with Crippen molar-refractivity contribution in [2.24, 2.45) is 7.05 Å². The van der Waals surface area contributed by atoms with E-state index in [-0.39, 0.29) is 18.3 Å². The van der Waals surface area contributed by atoms with Gasteiger partial charge in [0.05, 0.1) is 0 Å². The Balaban J connectivity index is 0.00000133. The maximum absolute atomic E-state index is 12.1. The first-order valence-electron chi connectivity index (χ1n) is 6.69. The number of rotatable bonds is 2. The van der Waals surface area contributed by atoms with E-state index in [0.29, 0.717) is 23.8 Å². The van der Waals surface area contributed by atoms with Crippen LogP contribution in [-0.2, 0) is 7.05 Å². The van der Waals surface area contributed by atoms with Gasteiger partial charge in [0, 0.05) is 30.9 Å². The number of aryl methyl sites for hydroxylation is 2. The minimum Gasteiger partial charge on any atom is -0.348 e. The number of piperidine rings is 1. The predicted molar refractivity (Wildman–Crippen MR) is 75.6 cm³/mol. The minimum atomic E-state index is -0.0370. The molecule has 2 unspecified atom stereocenters. The van der Waals surface area contributed by atoms with Crippen LogP contribution in [0.3, 0.4) is 0 Å². The zero-order valence-corrected chi connectivity index (χ0v) is 12.2. The minimum absolute atomic E-state index is 0. The lowest BCUT2D eigenvalue weighted by Crippen LogP contribution is -2.48. The number of fused-ring (bicyclic) bond motifs is 2. The molecule has 2 bridgehead atoms. The largest absolute Gasteiger partial charge is 0.348 e. The molecule has 2 aliphatic heterocycles. The molecule has 3 heterocycles. The molecule has 0 saturated carbocycles. The maximum Gasteiger partial charge on any atom is 0.272 e. The lowest BCUT2D eigenvalue weighted by molar-refractivity contribution is 0.0918. The van der Waals surface area contributed by atoms with E-state index in [4.69, 9.17) is 0 Å². The van der Waals surface area contributed by atoms with Gasteiger partial charge in [-0.1, -0.05) is 0 Å². The van der Waals surface area contributed by atoms with Crippen molar-refractivity contribution in [2.45, 2.75) is 50.7 Å². The molecule has 2 N–H and O–H groups in total. The molecular weight excluding hydrogens is 264 g/mol. The Kier molecular flexibility index (Phi) is 4.16. The summed E-state index contributed by atoms with van der Waals surface area (Å²) < 4.78 is 1.74. The highest BCUT2D eigenvalue weighted by Crippen LogP contribution is 2.26. The van der Waals surface area contributed by atoms with E-state index >= 15 is 0 Å². The normalized spacial score (nSPS) is 28.8. The molecule has 2 saturated heterocycles. The number of carbonyl (C=O) groups is 1. The van der Waals surface area contributed by atoms with Crippen molar-refractivity contribution >= 4 is 18.3 Å². The average Bonchev–Trinajstić information content (AvgIpc) is 2.83. The highest BCUT2D eigenvalue weighted by molar-refractivity contribution is 5.92. The Morgan fingerprint density at radius 3 is 2.58 bits per heavy atom. The molecule has 2 fully saturated rings. The highest BCUT2D eigenvalue weighted by atomic mass is 35.5. The van der Waals surface area contributed by atoms with Gasteiger partial charge in [0.25, 0.3) is 5.91 Å². The van der Waals surface area contributed by atoms with Crippen LogP contribution >= 0.6 is 12.4 Å². The van der Waals surface area contributed by atoms with Gasteiger partial charge in [0.15, 0.2) is 0 Å². The van der Waals surface area contributed by atoms with E-state index < -0.39 is 0 Å². The molecule has 3 rings (SSSR count). The number of halogens is 1. The zero-order chi connectivity index (χ0) is 12.7. The third kappa shape index (κ3) is 2.92. The molecule has 1 amide bonds. The van der Waals surface area contributed by atoms with E-state index in [1.54, 1.807) is 4.68 Å². The van der Waals surface area contributed by atoms with Crippen LogP contribution < -0.4 is 10.6 Å². The summed E-state index contributed by atoms with van der Waals surface area (Å²) in [5.41, 5.74) is 1.53. The maximum atomic E-state index is 12.1. The molecule has 0 spiro atoms. The van der Waals surface area contributed by atoms with Crippen LogP contribution in [0, 0.1) is 6.92 Å². The Hall–Kier alpha value is -1.07. The number of amides is 1. The quantitative estimate of drug-likeness (QED) is 0.857. The fraction of sp³-hybridized carbons (Fsp3) is 0.692. The molecule has 1 aromatic rings. The summed E-state index contributed by atoms with van der Waals surface area (Å²) >= 11 is 0. The lowest BCUT2D eigenvalue weighted by Gasteiger charge is -2.29. The fourth-order valence-corrected chi connectivity index (χ4v) is 3.11. The van der Waals surface area contributed by atoms with Crippen LogP contribution in [0.25, 0.3) is 0 Å². The van der Waals surface area contributed by atoms with Crippen molar-refractivity contribution in [1.29, 1.82) is 0 Å². The first-order chi connectivity index (χ1) is 8.61. The lowest BCUT2D eigenvalue weighted by atomic mass is 10.00. The van der Waals surface area contributed by atoms with Crippen molar-refractivity contribution in [3.05, 3.63) is 17.5 Å². The molecule has 0 aromatic carbocycles. The Labute approximate surface area is 119 Å². The van der Waals surface area contributed by atoms with Crippen molar-refractivity contribution < 1.29 is 4.79 Å². The second-order valence-corrected chi connectivity index (χ2v) is 5.57. The Morgan fingerprint density at radius 1 is 1.42 bits per heavy atom. The van der Waals surface area contributed by atoms with Crippen LogP contribution in [0.4, 0.5) is 0 Å². The van der Waals surface area contributed by atoms with Gasteiger partial charge in [-0.2, -0.15) is 5.10 Å². The van der Waals surface area contributed by atoms with E-state index in [1.165, 1.54) is 12.8 Å². The topological polar surface area (TPSA) is 59.0 Å². The van der Waals surface area contributed by atoms with Crippen LogP contribution in [0.15, 0.2) is 6.07 Å². The van der Waals surface area contributed by atoms with Crippen LogP contribution in [0.2, 0.25) is 0 Å². The number of carbonyl (C=O) groups excluding carboxylic acids is 1. The molecule has 0 aliphatic carbocycles. The van der Waals surface area contributed by atoms with Gasteiger partial charge in [-0.3, -0.25) is 9.48 Å². The van der Waals surface area contributed by atoms with E-state index in [9.17, 15) is 4.79 Å². The molecule has 6 heteroatoms. The van der Waals surface area contributed by atoms with E-state index in [2.05, 4.69) is 15.7 Å². The molecule has 1 aromatic heterocycles. The highest BCUT2D eigenvalue weighted by Gasteiger charge is 2.34. The summed E-state index contributed by atoms with van der Waals surface area (Å²) in [5, 5.41) is 10.9. The monoisotopic (exact) mass is 284 g/mol. The summed E-state index contributed by atoms with van der Waals surface area (Å²) in [7, 11) is 1.86. The number of aromatic nitrogens is 2. The average molecular weight is 285 g/mol. The van der Waals surface area contributed by atoms with Gasteiger partial charge in [-0.25, -0.2) is 0 Å². The summed E-state index contributed by atoms with van der Waals surface area (Å²) in [6, 6.07) is 3.34. The van der Waals surface area contributed by atoms with Crippen LogP contribution in [-0.4, -0.2) is 33.8 Å². The third-order valence-corrected chi connectivity index (χ3v) is 4.15. The molecule has 2 aliphatic rings. The first-order valence-corrected chi connectivity index (χ1v) is 6.69. The number of hydrogen-bond acceptors (Lipinski definition) is 3. The fourth-order valence-electron chi connectivity index (χ4n) is 3.11. The van der Waals surface area contributed by atoms with Crippen LogP contribution in [0.5, 0.6) is 0 Å². The van der Waals surface area contributed by atoms with Gasteiger partial charge < -0.3 is 10.6 Å². The number of hydrogen-bond donors (Lipinski definition) is 2. The second kappa shape index (κ2) is 5.51. The second-order valence-electron chi connectivity index (χ2n) is 5.57. The molecule has 2 atom stereocenters. The van der Waals surface area contributed by atoms with Crippen molar-refractivity contribution in [1.82, 2.24) is 20.4 Å². The Morgan fingerprint density at radius 2 is 2.05 bits per heavy atom. The first kappa shape index (κ1) is 14.3. The Bertz CT molecular complexity index is 442. The molecule has 106 valence electrons. The third-order valence-electron chi connectivity index (χ3n) is 4.15. The molecule has 19 heavy (non-hydrogen) atoms. The molecule has 0 radical (unpaired) electrons. The van der Waals surface area contributed by atoms with Gasteiger partial charge in [-0.05, 0) is 38.7 Å². The summed E-state index contributed by atoms with van der Waals surface area (Å²) in [6.45, 7) is 1.95. The van der Waals surface area contributed by atoms with E-state index in [0.717, 1.165) is 18.5 Å². The standard InChI is InChI=1S/C13H20N4O.ClH/c1-8-5-12(16-17(8)2)13(18)15-11-6-9-3-4-10(7-11)14-9;/h5,9-11,14H,3-4,6-7H2,1-2H3,(H,15,18);1H. The molecule has 5 nitrogen and oxygen atoms in total. The van der Waals surface area contributed by atoms with Crippen molar-refractivity contribution in [3.63, 3.8) is 0 Å². The van der Waals surface area contributed by atoms with Gasteiger partial charge >= 0.3 is 0 Å². The smallest absolute Gasteiger partial charge is 0.272 e. The van der Waals surface area contributed by atoms with Crippen molar-refractivity contribution in [3.8, 4) is 0 Å². The summed E-state index contributed by atoms with van der Waals surface area (Å²) in [4.78, 5) is 12.1. The predicted octanol–water partition coefficient (Wildman–Crippen LogP) is 1.16. The van der Waals surface area contributed by atoms with Gasteiger partial charge in [0.2, 0.25) is 0 Å². The van der Waals surface area contributed by atoms with Gasteiger partial charge in [-0.15, -0.1) is 12.4 Å². The number of nitrogens with zero attached hydrogens (tertiary/aromatic N) is 2. The summed E-state index contributed by atoms with van der Waals surface area (Å²) in [5.74, 6) is -0.0370. The number of nitrogens with one attached hydrogen (secondary N) is 2. The van der Waals surface area contributed by atoms with E-state index in [1.807, 2.05) is 20.0 Å². The SMILES string of the molecule is Cc1cc(C(=O)NC2CC3CCC(C2)N3)nn1C.Cl.